The molecular weight excluding hydrogens is 322 g/mol. The Bertz CT molecular complexity index is 773. The number of amides is 2. The van der Waals surface area contributed by atoms with Gasteiger partial charge in [-0.2, -0.15) is 0 Å². The molecule has 2 aromatic rings. The standard InChI is InChI=1S/C17H19N5O3/c1-12-11-13(23)3-4-14(12)20-15(24)16(25)21-7-9-22(10-8-21)17-18-5-2-6-19-17/h2-6,11,23H,7-10H2,1H3,(H,20,24). The molecule has 8 nitrogen and oxygen atoms in total. The van der Waals surface area contributed by atoms with Gasteiger partial charge in [-0.15, -0.1) is 0 Å². The molecule has 2 amide bonds. The van der Waals surface area contributed by atoms with Gasteiger partial charge >= 0.3 is 11.8 Å². The lowest BCUT2D eigenvalue weighted by Crippen LogP contribution is -2.52. The quantitative estimate of drug-likeness (QED) is 0.619. The summed E-state index contributed by atoms with van der Waals surface area (Å²) in [5, 5.41) is 12.0. The lowest BCUT2D eigenvalue weighted by atomic mass is 10.2. The summed E-state index contributed by atoms with van der Waals surface area (Å²) < 4.78 is 0. The second kappa shape index (κ2) is 7.16. The monoisotopic (exact) mass is 341 g/mol. The van der Waals surface area contributed by atoms with E-state index >= 15 is 0 Å². The smallest absolute Gasteiger partial charge is 0.313 e. The number of nitrogens with zero attached hydrogens (tertiary/aromatic N) is 4. The molecule has 8 heteroatoms. The number of phenolic OH excluding ortho intramolecular Hbond substituents is 1. The minimum Gasteiger partial charge on any atom is -0.508 e. The first-order valence-corrected chi connectivity index (χ1v) is 7.96. The summed E-state index contributed by atoms with van der Waals surface area (Å²) in [4.78, 5) is 36.4. The van der Waals surface area contributed by atoms with Crippen molar-refractivity contribution in [3.8, 4) is 5.75 Å². The van der Waals surface area contributed by atoms with Crippen LogP contribution in [-0.2, 0) is 9.59 Å². The molecule has 0 atom stereocenters. The van der Waals surface area contributed by atoms with Crippen molar-refractivity contribution < 1.29 is 14.7 Å². The largest absolute Gasteiger partial charge is 0.508 e. The molecule has 2 N–H and O–H groups in total. The zero-order valence-electron chi connectivity index (χ0n) is 13.8. The van der Waals surface area contributed by atoms with E-state index in [1.165, 1.54) is 17.0 Å². The van der Waals surface area contributed by atoms with Gasteiger partial charge in [0.2, 0.25) is 5.95 Å². The molecule has 0 aliphatic carbocycles. The number of hydrogen-bond donors (Lipinski definition) is 2. The molecule has 1 fully saturated rings. The van der Waals surface area contributed by atoms with Gasteiger partial charge in [0.25, 0.3) is 0 Å². The summed E-state index contributed by atoms with van der Waals surface area (Å²) in [7, 11) is 0. The van der Waals surface area contributed by atoms with Crippen molar-refractivity contribution in [2.24, 2.45) is 0 Å². The van der Waals surface area contributed by atoms with E-state index in [9.17, 15) is 14.7 Å². The Morgan fingerprint density at radius 1 is 1.12 bits per heavy atom. The molecule has 1 saturated heterocycles. The second-order valence-electron chi connectivity index (χ2n) is 5.78. The second-order valence-corrected chi connectivity index (χ2v) is 5.78. The summed E-state index contributed by atoms with van der Waals surface area (Å²) >= 11 is 0. The summed E-state index contributed by atoms with van der Waals surface area (Å²) in [6, 6.07) is 6.31. The van der Waals surface area contributed by atoms with Crippen molar-refractivity contribution in [3.63, 3.8) is 0 Å². The van der Waals surface area contributed by atoms with Crippen molar-refractivity contribution in [2.75, 3.05) is 36.4 Å². The highest BCUT2D eigenvalue weighted by Crippen LogP contribution is 2.20. The molecule has 1 aliphatic heterocycles. The molecule has 1 aromatic heterocycles. The lowest BCUT2D eigenvalue weighted by molar-refractivity contribution is -0.143. The molecule has 2 heterocycles. The Balaban J connectivity index is 1.57. The van der Waals surface area contributed by atoms with E-state index in [0.29, 0.717) is 43.4 Å². The van der Waals surface area contributed by atoms with E-state index < -0.39 is 11.8 Å². The van der Waals surface area contributed by atoms with Crippen molar-refractivity contribution in [3.05, 3.63) is 42.2 Å². The summed E-state index contributed by atoms with van der Waals surface area (Å²) in [5.41, 5.74) is 1.19. The van der Waals surface area contributed by atoms with Gasteiger partial charge in [0.05, 0.1) is 0 Å². The lowest BCUT2D eigenvalue weighted by Gasteiger charge is -2.34. The van der Waals surface area contributed by atoms with Gasteiger partial charge in [0.15, 0.2) is 0 Å². The number of phenols is 1. The van der Waals surface area contributed by atoms with Crippen LogP contribution in [0.5, 0.6) is 5.75 Å². The molecule has 25 heavy (non-hydrogen) atoms. The first-order valence-electron chi connectivity index (χ1n) is 7.96. The first-order chi connectivity index (χ1) is 12.0. The minimum absolute atomic E-state index is 0.112. The highest BCUT2D eigenvalue weighted by Gasteiger charge is 2.27. The predicted octanol–water partition coefficient (Wildman–Crippen LogP) is 0.778. The third kappa shape index (κ3) is 3.85. The third-order valence-electron chi connectivity index (χ3n) is 4.05. The SMILES string of the molecule is Cc1cc(O)ccc1NC(=O)C(=O)N1CCN(c2ncccn2)CC1. The average Bonchev–Trinajstić information content (AvgIpc) is 2.64. The van der Waals surface area contributed by atoms with Gasteiger partial charge in [-0.3, -0.25) is 9.59 Å². The maximum Gasteiger partial charge on any atom is 0.313 e. The maximum absolute atomic E-state index is 12.3. The first kappa shape index (κ1) is 16.7. The highest BCUT2D eigenvalue weighted by molar-refractivity contribution is 6.39. The Labute approximate surface area is 145 Å². The van der Waals surface area contributed by atoms with Crippen molar-refractivity contribution in [1.82, 2.24) is 14.9 Å². The van der Waals surface area contributed by atoms with Gasteiger partial charge < -0.3 is 20.2 Å². The fourth-order valence-corrected chi connectivity index (χ4v) is 2.67. The predicted molar refractivity (Wildman–Crippen MR) is 92.3 cm³/mol. The number of benzene rings is 1. The highest BCUT2D eigenvalue weighted by atomic mass is 16.3. The molecule has 0 unspecified atom stereocenters. The number of anilines is 2. The fourth-order valence-electron chi connectivity index (χ4n) is 2.67. The summed E-state index contributed by atoms with van der Waals surface area (Å²) in [5.74, 6) is -0.515. The molecule has 3 rings (SSSR count). The zero-order valence-corrected chi connectivity index (χ0v) is 13.8. The Hall–Kier alpha value is -3.16. The van der Waals surface area contributed by atoms with Crippen LogP contribution < -0.4 is 10.2 Å². The van der Waals surface area contributed by atoms with Crippen LogP contribution in [0.25, 0.3) is 0 Å². The number of aryl methyl sites for hydroxylation is 1. The van der Waals surface area contributed by atoms with E-state index in [1.54, 1.807) is 31.5 Å². The number of carbonyl (C=O) groups is 2. The molecule has 0 spiro atoms. The topological polar surface area (TPSA) is 98.7 Å². The Morgan fingerprint density at radius 3 is 2.44 bits per heavy atom. The van der Waals surface area contributed by atoms with Gasteiger partial charge in [-0.25, -0.2) is 9.97 Å². The van der Waals surface area contributed by atoms with E-state index in [-0.39, 0.29) is 5.75 Å². The van der Waals surface area contributed by atoms with E-state index in [2.05, 4.69) is 15.3 Å². The van der Waals surface area contributed by atoms with E-state index in [4.69, 9.17) is 0 Å². The number of piperazine rings is 1. The van der Waals surface area contributed by atoms with Crippen LogP contribution in [0.2, 0.25) is 0 Å². The maximum atomic E-state index is 12.3. The molecule has 130 valence electrons. The van der Waals surface area contributed by atoms with Crippen LogP contribution >= 0.6 is 0 Å². The van der Waals surface area contributed by atoms with Gasteiger partial charge in [0.1, 0.15) is 5.75 Å². The van der Waals surface area contributed by atoms with Crippen molar-refractivity contribution >= 4 is 23.5 Å². The van der Waals surface area contributed by atoms with E-state index in [0.717, 1.165) is 0 Å². The number of carbonyl (C=O) groups excluding carboxylic acids is 2. The number of hydrogen-bond acceptors (Lipinski definition) is 6. The van der Waals surface area contributed by atoms with Crippen LogP contribution in [-0.4, -0.2) is 58.0 Å². The van der Waals surface area contributed by atoms with Crippen LogP contribution in [0.3, 0.4) is 0 Å². The van der Waals surface area contributed by atoms with Crippen LogP contribution in [0, 0.1) is 6.92 Å². The fraction of sp³-hybridized carbons (Fsp3) is 0.294. The zero-order chi connectivity index (χ0) is 17.8. The molecule has 0 radical (unpaired) electrons. The number of aromatic hydroxyl groups is 1. The molecule has 0 bridgehead atoms. The van der Waals surface area contributed by atoms with E-state index in [1.807, 2.05) is 4.90 Å². The third-order valence-corrected chi connectivity index (χ3v) is 4.05. The van der Waals surface area contributed by atoms with Gasteiger partial charge in [-0.1, -0.05) is 0 Å². The van der Waals surface area contributed by atoms with Crippen LogP contribution in [0.1, 0.15) is 5.56 Å². The van der Waals surface area contributed by atoms with Crippen molar-refractivity contribution in [1.29, 1.82) is 0 Å². The molecule has 1 aliphatic rings. The Morgan fingerprint density at radius 2 is 1.80 bits per heavy atom. The molecular formula is C17H19N5O3. The van der Waals surface area contributed by atoms with Gasteiger partial charge in [0, 0.05) is 44.3 Å². The number of nitrogens with one attached hydrogen (secondary N) is 1. The average molecular weight is 341 g/mol. The molecule has 1 aromatic carbocycles. The number of aromatic nitrogens is 2. The summed E-state index contributed by atoms with van der Waals surface area (Å²) in [6.07, 6.45) is 3.35. The Kier molecular flexibility index (Phi) is 4.78. The number of rotatable bonds is 2. The minimum atomic E-state index is -0.682. The van der Waals surface area contributed by atoms with Crippen LogP contribution in [0.15, 0.2) is 36.7 Å². The van der Waals surface area contributed by atoms with Gasteiger partial charge in [-0.05, 0) is 36.8 Å². The normalized spacial score (nSPS) is 14.3. The van der Waals surface area contributed by atoms with Crippen molar-refractivity contribution in [2.45, 2.75) is 6.92 Å². The molecule has 0 saturated carbocycles. The summed E-state index contributed by atoms with van der Waals surface area (Å²) in [6.45, 7) is 3.75. The van der Waals surface area contributed by atoms with Crippen LogP contribution in [0.4, 0.5) is 11.6 Å².